The zero-order chi connectivity index (χ0) is 11.7. The number of hydrogen-bond acceptors (Lipinski definition) is 2. The van der Waals surface area contributed by atoms with Crippen molar-refractivity contribution in [3.8, 4) is 5.69 Å². The van der Waals surface area contributed by atoms with Crippen LogP contribution in [0.1, 0.15) is 0 Å². The molecular weight excluding hydrogens is 211 g/mol. The van der Waals surface area contributed by atoms with Gasteiger partial charge < -0.3 is 0 Å². The number of aromatic nitrogens is 2. The van der Waals surface area contributed by atoms with Gasteiger partial charge in [0.1, 0.15) is 5.82 Å². The summed E-state index contributed by atoms with van der Waals surface area (Å²) < 4.78 is 15.5. The highest BCUT2D eigenvalue weighted by Gasteiger charge is 2.07. The average molecular weight is 220 g/mol. The van der Waals surface area contributed by atoms with Gasteiger partial charge in [-0.2, -0.15) is 0 Å². The van der Waals surface area contributed by atoms with Crippen molar-refractivity contribution >= 4 is 0 Å². The molecule has 0 aliphatic rings. The van der Waals surface area contributed by atoms with Crippen LogP contribution >= 0.6 is 0 Å². The first-order chi connectivity index (χ1) is 7.61. The van der Waals surface area contributed by atoms with Gasteiger partial charge in [0.05, 0.1) is 5.69 Å². The summed E-state index contributed by atoms with van der Waals surface area (Å²) in [6, 6.07) is 7.10. The molecule has 0 saturated heterocycles. The molecular formula is C11H9FN2O2. The Morgan fingerprint density at radius 2 is 1.81 bits per heavy atom. The molecule has 5 heteroatoms. The van der Waals surface area contributed by atoms with Crippen LogP contribution in [0, 0.1) is 5.82 Å². The van der Waals surface area contributed by atoms with E-state index in [-0.39, 0.29) is 5.69 Å². The minimum Gasteiger partial charge on any atom is -0.269 e. The minimum atomic E-state index is -0.572. The van der Waals surface area contributed by atoms with Crippen molar-refractivity contribution in [1.82, 2.24) is 9.13 Å². The molecule has 2 rings (SSSR count). The van der Waals surface area contributed by atoms with E-state index in [2.05, 4.69) is 0 Å². The predicted molar refractivity (Wildman–Crippen MR) is 57.2 cm³/mol. The van der Waals surface area contributed by atoms with Crippen molar-refractivity contribution < 1.29 is 4.39 Å². The average Bonchev–Trinajstić information content (AvgIpc) is 2.28. The van der Waals surface area contributed by atoms with Crippen LogP contribution in [-0.4, -0.2) is 9.13 Å². The summed E-state index contributed by atoms with van der Waals surface area (Å²) in [4.78, 5) is 22.9. The van der Waals surface area contributed by atoms with Crippen molar-refractivity contribution in [2.75, 3.05) is 0 Å². The number of hydrogen-bond donors (Lipinski definition) is 0. The third kappa shape index (κ3) is 1.56. The maximum absolute atomic E-state index is 13.4. The lowest BCUT2D eigenvalue weighted by Crippen LogP contribution is -2.36. The van der Waals surface area contributed by atoms with Crippen LogP contribution in [0.5, 0.6) is 0 Å². The molecule has 0 bridgehead atoms. The lowest BCUT2D eigenvalue weighted by molar-refractivity contribution is 0.608. The molecule has 4 nitrogen and oxygen atoms in total. The van der Waals surface area contributed by atoms with E-state index in [4.69, 9.17) is 0 Å². The van der Waals surface area contributed by atoms with Gasteiger partial charge in [-0.05, 0) is 12.1 Å². The summed E-state index contributed by atoms with van der Waals surface area (Å²) in [7, 11) is 1.35. The summed E-state index contributed by atoms with van der Waals surface area (Å²) in [6.07, 6.45) is 1.27. The van der Waals surface area contributed by atoms with Gasteiger partial charge in [0, 0.05) is 19.3 Å². The van der Waals surface area contributed by atoms with E-state index in [9.17, 15) is 14.0 Å². The van der Waals surface area contributed by atoms with E-state index in [1.807, 2.05) is 0 Å². The molecule has 0 unspecified atom stereocenters. The molecule has 0 fully saturated rings. The Labute approximate surface area is 90.2 Å². The van der Waals surface area contributed by atoms with Crippen LogP contribution in [0.2, 0.25) is 0 Å². The van der Waals surface area contributed by atoms with E-state index in [0.29, 0.717) is 0 Å². The monoisotopic (exact) mass is 220 g/mol. The summed E-state index contributed by atoms with van der Waals surface area (Å²) >= 11 is 0. The Morgan fingerprint density at radius 1 is 1.12 bits per heavy atom. The van der Waals surface area contributed by atoms with Crippen molar-refractivity contribution in [2.45, 2.75) is 0 Å². The van der Waals surface area contributed by atoms with Crippen molar-refractivity contribution in [2.24, 2.45) is 7.05 Å². The molecule has 2 aromatic rings. The molecule has 1 aromatic heterocycles. The summed E-state index contributed by atoms with van der Waals surface area (Å²) in [5, 5.41) is 0. The number of nitrogens with zero attached hydrogens (tertiary/aromatic N) is 2. The molecule has 82 valence electrons. The largest absolute Gasteiger partial charge is 0.335 e. The quantitative estimate of drug-likeness (QED) is 0.709. The van der Waals surface area contributed by atoms with Crippen molar-refractivity contribution in [3.63, 3.8) is 0 Å². The summed E-state index contributed by atoms with van der Waals surface area (Å²) in [6.45, 7) is 0. The molecule has 1 heterocycles. The Hall–Kier alpha value is -2.17. The second-order valence-electron chi connectivity index (χ2n) is 3.32. The number of rotatable bonds is 1. The van der Waals surface area contributed by atoms with E-state index >= 15 is 0 Å². The zero-order valence-corrected chi connectivity index (χ0v) is 8.55. The first kappa shape index (κ1) is 10.4. The van der Waals surface area contributed by atoms with Gasteiger partial charge in [0.2, 0.25) is 0 Å². The van der Waals surface area contributed by atoms with Gasteiger partial charge in [-0.3, -0.25) is 13.9 Å². The van der Waals surface area contributed by atoms with Crippen LogP contribution in [0.4, 0.5) is 4.39 Å². The molecule has 0 radical (unpaired) electrons. The van der Waals surface area contributed by atoms with E-state index in [1.165, 1.54) is 37.5 Å². The normalized spacial score (nSPS) is 10.4. The number of para-hydroxylation sites is 1. The summed E-state index contributed by atoms with van der Waals surface area (Å²) in [5.41, 5.74) is -0.863. The summed E-state index contributed by atoms with van der Waals surface area (Å²) in [5.74, 6) is -0.511. The van der Waals surface area contributed by atoms with Crippen molar-refractivity contribution in [1.29, 1.82) is 0 Å². The second kappa shape index (κ2) is 3.77. The molecule has 0 amide bonds. The molecule has 0 atom stereocenters. The predicted octanol–water partition coefficient (Wildman–Crippen LogP) is 0.675. The minimum absolute atomic E-state index is 0.128. The Kier molecular flexibility index (Phi) is 2.44. The van der Waals surface area contributed by atoms with Crippen LogP contribution in [0.25, 0.3) is 5.69 Å². The second-order valence-corrected chi connectivity index (χ2v) is 3.32. The van der Waals surface area contributed by atoms with Crippen LogP contribution in [-0.2, 0) is 7.05 Å². The van der Waals surface area contributed by atoms with Gasteiger partial charge in [-0.25, -0.2) is 9.18 Å². The van der Waals surface area contributed by atoms with Gasteiger partial charge in [-0.1, -0.05) is 12.1 Å². The first-order valence-corrected chi connectivity index (χ1v) is 4.65. The molecule has 0 aliphatic carbocycles. The third-order valence-electron chi connectivity index (χ3n) is 2.30. The zero-order valence-electron chi connectivity index (χ0n) is 8.55. The highest BCUT2D eigenvalue weighted by molar-refractivity contribution is 5.32. The van der Waals surface area contributed by atoms with Crippen LogP contribution in [0.3, 0.4) is 0 Å². The maximum Gasteiger partial charge on any atom is 0.335 e. The van der Waals surface area contributed by atoms with Crippen LogP contribution in [0.15, 0.2) is 46.1 Å². The van der Waals surface area contributed by atoms with E-state index < -0.39 is 17.1 Å². The SMILES string of the molecule is Cn1c(=O)ccn(-c2ccccc2F)c1=O. The lowest BCUT2D eigenvalue weighted by Gasteiger charge is -2.07. The molecule has 0 N–H and O–H groups in total. The number of halogens is 1. The standard InChI is InChI=1S/C11H9FN2O2/c1-13-10(15)6-7-14(11(13)16)9-5-3-2-4-8(9)12/h2-7H,1H3. The van der Waals surface area contributed by atoms with E-state index in [1.54, 1.807) is 6.07 Å². The molecule has 0 aliphatic heterocycles. The Bertz CT molecular complexity index is 643. The molecule has 0 saturated carbocycles. The third-order valence-corrected chi connectivity index (χ3v) is 2.30. The highest BCUT2D eigenvalue weighted by atomic mass is 19.1. The van der Waals surface area contributed by atoms with Gasteiger partial charge in [0.25, 0.3) is 5.56 Å². The molecule has 1 aromatic carbocycles. The van der Waals surface area contributed by atoms with Crippen molar-refractivity contribution in [3.05, 3.63) is 63.2 Å². The highest BCUT2D eigenvalue weighted by Crippen LogP contribution is 2.08. The lowest BCUT2D eigenvalue weighted by atomic mass is 10.3. The van der Waals surface area contributed by atoms with Crippen LogP contribution < -0.4 is 11.2 Å². The van der Waals surface area contributed by atoms with Gasteiger partial charge >= 0.3 is 5.69 Å². The smallest absolute Gasteiger partial charge is 0.269 e. The maximum atomic E-state index is 13.4. The fraction of sp³-hybridized carbons (Fsp3) is 0.0909. The topological polar surface area (TPSA) is 44.0 Å². The molecule has 0 spiro atoms. The Balaban J connectivity index is 2.77. The Morgan fingerprint density at radius 3 is 2.50 bits per heavy atom. The fourth-order valence-electron chi connectivity index (χ4n) is 1.40. The molecule has 16 heavy (non-hydrogen) atoms. The first-order valence-electron chi connectivity index (χ1n) is 4.65. The van der Waals surface area contributed by atoms with E-state index in [0.717, 1.165) is 9.13 Å². The van der Waals surface area contributed by atoms with Gasteiger partial charge in [-0.15, -0.1) is 0 Å². The number of benzene rings is 1. The van der Waals surface area contributed by atoms with Gasteiger partial charge in [0.15, 0.2) is 0 Å². The fourth-order valence-corrected chi connectivity index (χ4v) is 1.40.